The van der Waals surface area contributed by atoms with Gasteiger partial charge in [0.15, 0.2) is 0 Å². The molecule has 4 heterocycles. The molecule has 0 aliphatic rings. The van der Waals surface area contributed by atoms with Crippen LogP contribution in [0.4, 0.5) is 14.5 Å². The Bertz CT molecular complexity index is 1280. The lowest BCUT2D eigenvalue weighted by Gasteiger charge is -2.14. The van der Waals surface area contributed by atoms with Crippen LogP contribution in [0.5, 0.6) is 0 Å². The van der Waals surface area contributed by atoms with Crippen LogP contribution in [0.15, 0.2) is 41.1 Å². The molecule has 0 radical (unpaired) electrons. The number of rotatable bonds is 6. The number of carbonyl (C=O) groups is 2. The number of pyridine rings is 1. The van der Waals surface area contributed by atoms with E-state index in [1.54, 1.807) is 38.2 Å². The largest absolute Gasteiger partial charge is 0.464 e. The van der Waals surface area contributed by atoms with Crippen LogP contribution in [0, 0.1) is 6.92 Å². The van der Waals surface area contributed by atoms with E-state index < -0.39 is 30.0 Å². The van der Waals surface area contributed by atoms with E-state index in [9.17, 15) is 18.4 Å². The average Bonchev–Trinajstić information content (AvgIpc) is 3.46. The summed E-state index contributed by atoms with van der Waals surface area (Å²) in [5, 5.41) is 7.24. The van der Waals surface area contributed by atoms with E-state index in [4.69, 9.17) is 10.2 Å². The summed E-state index contributed by atoms with van der Waals surface area (Å²) in [4.78, 5) is 29.1. The van der Waals surface area contributed by atoms with Gasteiger partial charge in [-0.1, -0.05) is 0 Å². The predicted octanol–water partition coefficient (Wildman–Crippen LogP) is 4.30. The number of amides is 2. The van der Waals surface area contributed by atoms with Crippen LogP contribution in [-0.2, 0) is 4.79 Å². The second-order valence-corrected chi connectivity index (χ2v) is 7.82. The zero-order valence-corrected chi connectivity index (χ0v) is 17.2. The number of thiophene rings is 1. The topological polar surface area (TPSA) is 116 Å². The van der Waals surface area contributed by atoms with Crippen LogP contribution < -0.4 is 11.1 Å². The maximum Gasteiger partial charge on any atom is 0.280 e. The Morgan fingerprint density at radius 2 is 2.10 bits per heavy atom. The molecule has 0 saturated carbocycles. The number of aromatic nitrogens is 3. The normalized spacial score (nSPS) is 12.4. The number of alkyl halides is 2. The fraction of sp³-hybridized carbons (Fsp3) is 0.200. The van der Waals surface area contributed by atoms with Crippen molar-refractivity contribution >= 4 is 39.1 Å². The summed E-state index contributed by atoms with van der Waals surface area (Å²) >= 11 is 0.831. The summed E-state index contributed by atoms with van der Waals surface area (Å²) in [6.07, 6.45) is 0.217. The van der Waals surface area contributed by atoms with E-state index in [1.807, 2.05) is 0 Å². The molecule has 0 bridgehead atoms. The number of fused-ring (bicyclic) bond motifs is 1. The minimum absolute atomic E-state index is 0.00100. The van der Waals surface area contributed by atoms with Crippen molar-refractivity contribution in [1.82, 2.24) is 14.8 Å². The Kier molecular flexibility index (Phi) is 5.27. The lowest BCUT2D eigenvalue weighted by Crippen LogP contribution is -2.25. The SMILES string of the molecule is Cc1ccn(C(C)C(=O)Nc2c(C(N)=O)sc3nc(C(F)F)cc(-c4ccco4)c23)n1. The van der Waals surface area contributed by atoms with Crippen LogP contribution >= 0.6 is 11.3 Å². The van der Waals surface area contributed by atoms with Crippen molar-refractivity contribution in [1.29, 1.82) is 0 Å². The minimum atomic E-state index is -2.83. The smallest absolute Gasteiger partial charge is 0.280 e. The van der Waals surface area contributed by atoms with Crippen LogP contribution in [-0.4, -0.2) is 26.6 Å². The lowest BCUT2D eigenvalue weighted by atomic mass is 10.1. The van der Waals surface area contributed by atoms with E-state index in [2.05, 4.69) is 15.4 Å². The Balaban J connectivity index is 1.88. The molecule has 31 heavy (non-hydrogen) atoms. The number of carbonyl (C=O) groups excluding carboxylic acids is 2. The number of nitrogens with two attached hydrogens (primary N) is 1. The highest BCUT2D eigenvalue weighted by Crippen LogP contribution is 2.42. The zero-order chi connectivity index (χ0) is 22.3. The van der Waals surface area contributed by atoms with E-state index >= 15 is 0 Å². The van der Waals surface area contributed by atoms with Gasteiger partial charge in [0.2, 0.25) is 5.91 Å². The standard InChI is InChI=1S/C20H17F2N5O3S/c1-9-5-6-27(26-9)10(2)19(29)25-15-14-11(13-4-3-7-30-13)8-12(17(21)22)24-20(14)31-16(15)18(23)28/h3-8,10,17H,1-2H3,(H2,23,28)(H,25,29). The molecule has 4 aromatic heterocycles. The van der Waals surface area contributed by atoms with E-state index in [0.29, 0.717) is 5.39 Å². The number of hydrogen-bond donors (Lipinski definition) is 2. The van der Waals surface area contributed by atoms with Crippen LogP contribution in [0.1, 0.15) is 40.5 Å². The van der Waals surface area contributed by atoms with Crippen molar-refractivity contribution < 1.29 is 22.8 Å². The third kappa shape index (κ3) is 3.79. The summed E-state index contributed by atoms with van der Waals surface area (Å²) in [6.45, 7) is 3.43. The van der Waals surface area contributed by atoms with Crippen molar-refractivity contribution in [3.63, 3.8) is 0 Å². The first kappa shape index (κ1) is 20.7. The summed E-state index contributed by atoms with van der Waals surface area (Å²) in [5.41, 5.74) is 6.15. The Hall–Kier alpha value is -3.60. The molecule has 0 fully saturated rings. The number of halogens is 2. The van der Waals surface area contributed by atoms with Gasteiger partial charge >= 0.3 is 0 Å². The van der Waals surface area contributed by atoms with Crippen LogP contribution in [0.2, 0.25) is 0 Å². The fourth-order valence-electron chi connectivity index (χ4n) is 3.14. The molecule has 4 aromatic rings. The number of primary amides is 1. The average molecular weight is 445 g/mol. The minimum Gasteiger partial charge on any atom is -0.464 e. The molecule has 0 spiro atoms. The molecule has 0 aliphatic carbocycles. The van der Waals surface area contributed by atoms with Gasteiger partial charge in [0.05, 0.1) is 17.6 Å². The molecular formula is C20H17F2N5O3S. The Morgan fingerprint density at radius 3 is 2.68 bits per heavy atom. The monoisotopic (exact) mass is 445 g/mol. The molecule has 0 aromatic carbocycles. The molecular weight excluding hydrogens is 428 g/mol. The summed E-state index contributed by atoms with van der Waals surface area (Å²) in [7, 11) is 0. The van der Waals surface area contributed by atoms with E-state index in [1.165, 1.54) is 17.0 Å². The number of hydrogen-bond acceptors (Lipinski definition) is 6. The van der Waals surface area contributed by atoms with Crippen LogP contribution in [0.25, 0.3) is 21.5 Å². The van der Waals surface area contributed by atoms with Crippen molar-refractivity contribution in [2.75, 3.05) is 5.32 Å². The van der Waals surface area contributed by atoms with Gasteiger partial charge in [-0.25, -0.2) is 13.8 Å². The molecule has 160 valence electrons. The third-order valence-electron chi connectivity index (χ3n) is 4.68. The van der Waals surface area contributed by atoms with Gasteiger partial charge < -0.3 is 15.5 Å². The van der Waals surface area contributed by atoms with Crippen molar-refractivity contribution in [2.45, 2.75) is 26.3 Å². The molecule has 4 rings (SSSR count). The first-order valence-corrected chi connectivity index (χ1v) is 9.99. The first-order valence-electron chi connectivity index (χ1n) is 9.18. The van der Waals surface area contributed by atoms with Gasteiger partial charge in [-0.2, -0.15) is 5.10 Å². The van der Waals surface area contributed by atoms with Crippen molar-refractivity contribution in [3.8, 4) is 11.3 Å². The molecule has 8 nitrogen and oxygen atoms in total. The maximum absolute atomic E-state index is 13.4. The highest BCUT2D eigenvalue weighted by atomic mass is 32.1. The highest BCUT2D eigenvalue weighted by molar-refractivity contribution is 7.21. The number of nitrogens with one attached hydrogen (secondary N) is 1. The van der Waals surface area contributed by atoms with Gasteiger partial charge in [-0.3, -0.25) is 14.3 Å². The van der Waals surface area contributed by atoms with Gasteiger partial charge in [0, 0.05) is 17.1 Å². The lowest BCUT2D eigenvalue weighted by molar-refractivity contribution is -0.119. The van der Waals surface area contributed by atoms with Gasteiger partial charge in [0.1, 0.15) is 27.2 Å². The predicted molar refractivity (Wildman–Crippen MR) is 111 cm³/mol. The van der Waals surface area contributed by atoms with Crippen molar-refractivity contribution in [2.24, 2.45) is 5.73 Å². The summed E-state index contributed by atoms with van der Waals surface area (Å²) in [6, 6.07) is 5.42. The second-order valence-electron chi connectivity index (χ2n) is 6.83. The number of furan rings is 1. The molecule has 11 heteroatoms. The second kappa shape index (κ2) is 7.91. The van der Waals surface area contributed by atoms with Crippen molar-refractivity contribution in [3.05, 3.63) is 53.0 Å². The molecule has 3 N–H and O–H groups in total. The fourth-order valence-corrected chi connectivity index (χ4v) is 4.16. The summed E-state index contributed by atoms with van der Waals surface area (Å²) in [5.74, 6) is -0.993. The molecule has 2 amide bonds. The molecule has 0 aliphatic heterocycles. The number of anilines is 1. The number of aryl methyl sites for hydroxylation is 1. The molecule has 0 saturated heterocycles. The van der Waals surface area contributed by atoms with Crippen LogP contribution in [0.3, 0.4) is 0 Å². The molecule has 1 unspecified atom stereocenters. The maximum atomic E-state index is 13.4. The Morgan fingerprint density at radius 1 is 1.32 bits per heavy atom. The summed E-state index contributed by atoms with van der Waals surface area (Å²) < 4.78 is 33.7. The van der Waals surface area contributed by atoms with Gasteiger partial charge in [-0.05, 0) is 38.1 Å². The van der Waals surface area contributed by atoms with Gasteiger partial charge in [-0.15, -0.1) is 11.3 Å². The van der Waals surface area contributed by atoms with E-state index in [0.717, 1.165) is 17.0 Å². The van der Waals surface area contributed by atoms with E-state index in [-0.39, 0.29) is 26.7 Å². The number of nitrogens with zero attached hydrogens (tertiary/aromatic N) is 3. The quantitative estimate of drug-likeness (QED) is 0.459. The van der Waals surface area contributed by atoms with Gasteiger partial charge in [0.25, 0.3) is 12.3 Å². The molecule has 1 atom stereocenters. The Labute approximate surface area is 178 Å². The highest BCUT2D eigenvalue weighted by Gasteiger charge is 2.27. The third-order valence-corrected chi connectivity index (χ3v) is 5.78. The zero-order valence-electron chi connectivity index (χ0n) is 16.4. The first-order chi connectivity index (χ1) is 14.8.